The van der Waals surface area contributed by atoms with Gasteiger partial charge in [-0.15, -0.1) is 0 Å². The van der Waals surface area contributed by atoms with Gasteiger partial charge >= 0.3 is 0 Å². The fourth-order valence-corrected chi connectivity index (χ4v) is 6.16. The van der Waals surface area contributed by atoms with Crippen LogP contribution in [0.5, 0.6) is 0 Å². The van der Waals surface area contributed by atoms with E-state index in [0.29, 0.717) is 17.4 Å². The highest BCUT2D eigenvalue weighted by Gasteiger charge is 2.30. The van der Waals surface area contributed by atoms with Crippen LogP contribution in [0, 0.1) is 10.7 Å². The van der Waals surface area contributed by atoms with Gasteiger partial charge in [0, 0.05) is 18.1 Å². The van der Waals surface area contributed by atoms with Crippen molar-refractivity contribution in [3.63, 3.8) is 0 Å². The lowest BCUT2D eigenvalue weighted by Crippen LogP contribution is -2.22. The Kier molecular flexibility index (Phi) is 5.90. The summed E-state index contributed by atoms with van der Waals surface area (Å²) in [5.41, 5.74) is 4.31. The average Bonchev–Trinajstić information content (AvgIpc) is 3.29. The normalized spacial score (nSPS) is 19.5. The van der Waals surface area contributed by atoms with E-state index in [1.165, 1.54) is 48.3 Å². The minimum atomic E-state index is -3.40. The molecule has 1 saturated carbocycles. The fourth-order valence-electron chi connectivity index (χ4n) is 4.95. The molecule has 2 aliphatic carbocycles. The van der Waals surface area contributed by atoms with Gasteiger partial charge in [0.15, 0.2) is 10.9 Å². The number of aryl methyl sites for hydroxylation is 1. The van der Waals surface area contributed by atoms with E-state index >= 15 is 0 Å². The Labute approximate surface area is 185 Å². The molecule has 0 bridgehead atoms. The first-order valence-corrected chi connectivity index (χ1v) is 13.0. The molecule has 2 atom stereocenters. The SMILES string of the molecule is C[C@H](c1ccc2c(c1CC(=O)C[S@](=N)(=O)c1cc(C(C)(C)O)co1)CCC2)C1CCC1. The lowest BCUT2D eigenvalue weighted by Gasteiger charge is -2.33. The maximum atomic E-state index is 13.0. The Morgan fingerprint density at radius 3 is 2.65 bits per heavy atom. The fraction of sp³-hybridized carbons (Fsp3) is 0.560. The van der Waals surface area contributed by atoms with E-state index in [1.807, 2.05) is 0 Å². The topological polar surface area (TPSA) is 91.4 Å². The summed E-state index contributed by atoms with van der Waals surface area (Å²) in [6, 6.07) is 5.87. The van der Waals surface area contributed by atoms with Crippen LogP contribution in [0.25, 0.3) is 0 Å². The molecule has 5 nitrogen and oxygen atoms in total. The van der Waals surface area contributed by atoms with E-state index in [9.17, 15) is 14.1 Å². The van der Waals surface area contributed by atoms with Crippen molar-refractivity contribution in [1.82, 2.24) is 0 Å². The van der Waals surface area contributed by atoms with Crippen LogP contribution in [0.1, 0.15) is 80.2 Å². The molecule has 4 rings (SSSR count). The van der Waals surface area contributed by atoms with Crippen molar-refractivity contribution >= 4 is 15.5 Å². The van der Waals surface area contributed by atoms with Crippen LogP contribution >= 0.6 is 0 Å². The summed E-state index contributed by atoms with van der Waals surface area (Å²) in [6.45, 7) is 5.46. The summed E-state index contributed by atoms with van der Waals surface area (Å²) in [7, 11) is -3.40. The van der Waals surface area contributed by atoms with Crippen molar-refractivity contribution < 1.29 is 18.5 Å². The molecule has 1 fully saturated rings. The number of benzene rings is 1. The van der Waals surface area contributed by atoms with Crippen molar-refractivity contribution in [2.45, 2.75) is 82.3 Å². The molecular weight excluding hydrogens is 410 g/mol. The van der Waals surface area contributed by atoms with Gasteiger partial charge < -0.3 is 9.52 Å². The minimum absolute atomic E-state index is 0.0423. The zero-order valence-corrected chi connectivity index (χ0v) is 19.5. The Hall–Kier alpha value is -1.92. The summed E-state index contributed by atoms with van der Waals surface area (Å²) in [5, 5.41) is 10.1. The standard InChI is InChI=1S/C25H33NO4S/c1-16(17-6-4-7-17)21-11-10-18-8-5-9-22(18)23(21)13-20(27)15-31(26,29)24-12-19(14-30-24)25(2,3)28/h10-12,14,16-17,26,28H,4-9,13,15H2,1-3H3/t16-,31-/m0/s1. The predicted molar refractivity (Wildman–Crippen MR) is 121 cm³/mol. The molecule has 0 spiro atoms. The van der Waals surface area contributed by atoms with Gasteiger partial charge in [0.05, 0.1) is 17.6 Å². The third-order valence-corrected chi connectivity index (χ3v) is 8.72. The van der Waals surface area contributed by atoms with Crippen LogP contribution < -0.4 is 0 Å². The molecule has 31 heavy (non-hydrogen) atoms. The highest BCUT2D eigenvalue weighted by Crippen LogP contribution is 2.42. The largest absolute Gasteiger partial charge is 0.454 e. The van der Waals surface area contributed by atoms with Crippen LogP contribution in [0.2, 0.25) is 0 Å². The van der Waals surface area contributed by atoms with Crippen LogP contribution in [-0.4, -0.2) is 20.9 Å². The van der Waals surface area contributed by atoms with E-state index in [-0.39, 0.29) is 23.0 Å². The molecule has 0 aliphatic heterocycles. The highest BCUT2D eigenvalue weighted by atomic mass is 32.2. The van der Waals surface area contributed by atoms with E-state index in [0.717, 1.165) is 24.8 Å². The molecule has 6 heteroatoms. The molecule has 0 saturated heterocycles. The number of hydrogen-bond donors (Lipinski definition) is 2. The summed E-state index contributed by atoms with van der Waals surface area (Å²) < 4.78 is 26.6. The van der Waals surface area contributed by atoms with Crippen LogP contribution in [0.3, 0.4) is 0 Å². The Balaban J connectivity index is 1.57. The van der Waals surface area contributed by atoms with Crippen molar-refractivity contribution in [2.75, 3.05) is 5.75 Å². The van der Waals surface area contributed by atoms with Crippen molar-refractivity contribution in [1.29, 1.82) is 4.78 Å². The number of rotatable bonds is 8. The number of carbonyl (C=O) groups is 1. The molecule has 1 aromatic carbocycles. The zero-order chi connectivity index (χ0) is 22.4. The number of ketones is 1. The molecule has 2 aliphatic rings. The predicted octanol–water partition coefficient (Wildman–Crippen LogP) is 5.12. The van der Waals surface area contributed by atoms with Gasteiger partial charge in [-0.2, -0.15) is 0 Å². The Morgan fingerprint density at radius 1 is 1.29 bits per heavy atom. The van der Waals surface area contributed by atoms with E-state index in [2.05, 4.69) is 19.1 Å². The lowest BCUT2D eigenvalue weighted by atomic mass is 9.72. The summed E-state index contributed by atoms with van der Waals surface area (Å²) in [6.07, 6.45) is 8.47. The Bertz CT molecular complexity index is 1090. The quantitative estimate of drug-likeness (QED) is 0.592. The molecule has 0 unspecified atom stereocenters. The third-order valence-electron chi connectivity index (χ3n) is 7.13. The van der Waals surface area contributed by atoms with Gasteiger partial charge in [-0.3, -0.25) is 4.79 Å². The maximum absolute atomic E-state index is 13.0. The van der Waals surface area contributed by atoms with Crippen molar-refractivity contribution in [3.8, 4) is 0 Å². The van der Waals surface area contributed by atoms with Crippen LogP contribution in [0.15, 0.2) is 34.0 Å². The average molecular weight is 444 g/mol. The van der Waals surface area contributed by atoms with Gasteiger partial charge in [0.2, 0.25) is 0 Å². The summed E-state index contributed by atoms with van der Waals surface area (Å²) in [4.78, 5) is 13.0. The maximum Gasteiger partial charge on any atom is 0.199 e. The molecule has 0 radical (unpaired) electrons. The third kappa shape index (κ3) is 4.51. The smallest absolute Gasteiger partial charge is 0.199 e. The number of hydrogen-bond acceptors (Lipinski definition) is 5. The monoisotopic (exact) mass is 443 g/mol. The molecule has 0 amide bonds. The molecule has 2 N–H and O–H groups in total. The number of carbonyl (C=O) groups excluding carboxylic acids is 1. The first-order chi connectivity index (χ1) is 14.6. The summed E-state index contributed by atoms with van der Waals surface area (Å²) >= 11 is 0. The number of Topliss-reactive ketones (excluding diaryl/α,β-unsaturated/α-hetero) is 1. The van der Waals surface area contributed by atoms with Gasteiger partial charge in [-0.05, 0) is 80.0 Å². The molecule has 2 aromatic rings. The van der Waals surface area contributed by atoms with E-state index in [1.54, 1.807) is 13.8 Å². The number of nitrogens with one attached hydrogen (secondary N) is 1. The molecular formula is C25H33NO4S. The lowest BCUT2D eigenvalue weighted by molar-refractivity contribution is -0.116. The zero-order valence-electron chi connectivity index (χ0n) is 18.7. The molecule has 1 aromatic heterocycles. The first kappa shape index (κ1) is 22.3. The molecule has 168 valence electrons. The second-order valence-electron chi connectivity index (χ2n) is 9.85. The van der Waals surface area contributed by atoms with Gasteiger partial charge in [0.1, 0.15) is 9.73 Å². The number of fused-ring (bicyclic) bond motifs is 1. The van der Waals surface area contributed by atoms with Crippen molar-refractivity contribution in [3.05, 3.63) is 52.3 Å². The number of aliphatic hydroxyl groups is 1. The second kappa shape index (κ2) is 8.21. The second-order valence-corrected chi connectivity index (χ2v) is 11.9. The summed E-state index contributed by atoms with van der Waals surface area (Å²) in [5.74, 6) is 0.537. The highest BCUT2D eigenvalue weighted by molar-refractivity contribution is 7.93. The van der Waals surface area contributed by atoms with Gasteiger partial charge in [0.25, 0.3) is 0 Å². The van der Waals surface area contributed by atoms with Crippen molar-refractivity contribution in [2.24, 2.45) is 5.92 Å². The minimum Gasteiger partial charge on any atom is -0.454 e. The van der Waals surface area contributed by atoms with E-state index in [4.69, 9.17) is 9.20 Å². The Morgan fingerprint density at radius 2 is 2.03 bits per heavy atom. The number of furan rings is 1. The van der Waals surface area contributed by atoms with Gasteiger partial charge in [-0.1, -0.05) is 25.5 Å². The van der Waals surface area contributed by atoms with Crippen LogP contribution in [-0.2, 0) is 39.4 Å². The van der Waals surface area contributed by atoms with Gasteiger partial charge in [-0.25, -0.2) is 8.99 Å². The van der Waals surface area contributed by atoms with Crippen LogP contribution in [0.4, 0.5) is 0 Å². The first-order valence-electron chi connectivity index (χ1n) is 11.3. The molecule has 1 heterocycles. The van der Waals surface area contributed by atoms with E-state index < -0.39 is 15.3 Å².